The first kappa shape index (κ1) is 28.3. The summed E-state index contributed by atoms with van der Waals surface area (Å²) < 4.78 is 2.53. The van der Waals surface area contributed by atoms with E-state index in [2.05, 4.69) is 175 Å². The highest BCUT2D eigenvalue weighted by molar-refractivity contribution is 6.42. The standard InChI is InChI=1S/C51H33N/c1-30-26-33-13-11-22-38-37-25-24-32(29-44(37)45(27-30)47(33)38)31-12-10-14-34(28-31)52-46-23-9-8-21-43(46)50-49-40-18-5-3-16-36(40)35-15-2-4-17-39(35)48(49)41-19-6-7-20-42(41)51(50)52/h2-26,28-30H,27H2,1H3. The first-order chi connectivity index (χ1) is 25.7. The number of benzene rings is 9. The summed E-state index contributed by atoms with van der Waals surface area (Å²) in [6, 6.07) is 59.2. The number of nitrogens with zero attached hydrogens (tertiary/aromatic N) is 1. The largest absolute Gasteiger partial charge is 0.309 e. The Morgan fingerprint density at radius 3 is 1.88 bits per heavy atom. The summed E-state index contributed by atoms with van der Waals surface area (Å²) in [6.45, 7) is 2.35. The van der Waals surface area contributed by atoms with Gasteiger partial charge >= 0.3 is 0 Å². The number of hydrogen-bond acceptors (Lipinski definition) is 0. The minimum Gasteiger partial charge on any atom is -0.309 e. The van der Waals surface area contributed by atoms with E-state index in [1.807, 2.05) is 0 Å². The van der Waals surface area contributed by atoms with Crippen LogP contribution in [0, 0.1) is 5.92 Å². The normalized spacial score (nSPS) is 14.9. The van der Waals surface area contributed by atoms with Gasteiger partial charge in [0.15, 0.2) is 0 Å². The minimum atomic E-state index is 0.534. The molecule has 1 aromatic heterocycles. The molecule has 2 aliphatic carbocycles. The van der Waals surface area contributed by atoms with Crippen molar-refractivity contribution in [3.8, 4) is 27.9 Å². The molecule has 1 heterocycles. The number of rotatable bonds is 2. The highest BCUT2D eigenvalue weighted by atomic mass is 15.0. The van der Waals surface area contributed by atoms with Gasteiger partial charge < -0.3 is 4.57 Å². The lowest BCUT2D eigenvalue weighted by molar-refractivity contribution is 0.788. The lowest BCUT2D eigenvalue weighted by Gasteiger charge is -2.17. The second-order valence-corrected chi connectivity index (χ2v) is 14.9. The molecule has 0 aliphatic heterocycles. The van der Waals surface area contributed by atoms with Crippen LogP contribution in [0.5, 0.6) is 0 Å². The maximum absolute atomic E-state index is 2.53. The first-order valence-corrected chi connectivity index (χ1v) is 18.5. The van der Waals surface area contributed by atoms with Crippen molar-refractivity contribution in [3.05, 3.63) is 174 Å². The van der Waals surface area contributed by atoms with E-state index in [4.69, 9.17) is 0 Å². The zero-order chi connectivity index (χ0) is 34.1. The van der Waals surface area contributed by atoms with Crippen molar-refractivity contribution in [1.29, 1.82) is 0 Å². The molecule has 242 valence electrons. The molecule has 1 unspecified atom stereocenters. The molecule has 0 fully saturated rings. The predicted octanol–water partition coefficient (Wildman–Crippen LogP) is 12.1. The maximum Gasteiger partial charge on any atom is 0.0626 e. The van der Waals surface area contributed by atoms with E-state index in [9.17, 15) is 0 Å². The molecule has 0 saturated heterocycles. The minimum absolute atomic E-state index is 0.534. The maximum atomic E-state index is 2.53. The second-order valence-electron chi connectivity index (χ2n) is 14.9. The molecule has 0 amide bonds. The summed E-state index contributed by atoms with van der Waals surface area (Å²) in [5.41, 5.74) is 11.8. The Hall–Kier alpha value is -6.44. The molecule has 52 heavy (non-hydrogen) atoms. The van der Waals surface area contributed by atoms with Crippen molar-refractivity contribution in [2.45, 2.75) is 13.3 Å². The van der Waals surface area contributed by atoms with Crippen LogP contribution in [-0.4, -0.2) is 4.57 Å². The Labute approximate surface area is 301 Å². The molecule has 10 aromatic rings. The van der Waals surface area contributed by atoms with Crippen molar-refractivity contribution in [2.24, 2.45) is 5.92 Å². The van der Waals surface area contributed by atoms with Crippen molar-refractivity contribution in [1.82, 2.24) is 4.57 Å². The molecule has 1 atom stereocenters. The summed E-state index contributed by atoms with van der Waals surface area (Å²) >= 11 is 0. The van der Waals surface area contributed by atoms with Gasteiger partial charge in [-0.25, -0.2) is 0 Å². The summed E-state index contributed by atoms with van der Waals surface area (Å²) in [6.07, 6.45) is 3.54. The van der Waals surface area contributed by atoms with Crippen LogP contribution in [0.2, 0.25) is 0 Å². The van der Waals surface area contributed by atoms with E-state index in [0.29, 0.717) is 5.92 Å². The van der Waals surface area contributed by atoms with Gasteiger partial charge in [0.05, 0.1) is 11.0 Å². The Bertz CT molecular complexity index is 3340. The van der Waals surface area contributed by atoms with Crippen LogP contribution >= 0.6 is 0 Å². The van der Waals surface area contributed by atoms with Gasteiger partial charge in [-0.1, -0.05) is 146 Å². The molecular weight excluding hydrogens is 627 g/mol. The Morgan fingerprint density at radius 2 is 1.10 bits per heavy atom. The summed E-state index contributed by atoms with van der Waals surface area (Å²) in [5, 5.41) is 15.9. The van der Waals surface area contributed by atoms with Crippen molar-refractivity contribution in [3.63, 3.8) is 0 Å². The Balaban J connectivity index is 1.17. The van der Waals surface area contributed by atoms with Crippen LogP contribution in [0.25, 0.3) is 104 Å². The highest BCUT2D eigenvalue weighted by Gasteiger charge is 2.25. The fourth-order valence-electron chi connectivity index (χ4n) is 9.94. The third-order valence-corrected chi connectivity index (χ3v) is 12.0. The second kappa shape index (κ2) is 10.3. The Kier molecular flexibility index (Phi) is 5.61. The number of para-hydroxylation sites is 1. The number of aromatic nitrogens is 1. The number of fused-ring (bicyclic) bond motifs is 16. The van der Waals surface area contributed by atoms with Gasteiger partial charge in [0.2, 0.25) is 0 Å². The van der Waals surface area contributed by atoms with Crippen LogP contribution in [0.3, 0.4) is 0 Å². The fourth-order valence-corrected chi connectivity index (χ4v) is 9.94. The average molecular weight is 660 g/mol. The SMILES string of the molecule is CC1C=c2cccc3c2=C(C1)c1cc(-c2cccc(-n4c5ccccc5c5c6c7ccccc7c7ccccc7c6c6ccccc6c54)c2)ccc1-3. The van der Waals surface area contributed by atoms with Crippen molar-refractivity contribution >= 4 is 76.5 Å². The summed E-state index contributed by atoms with van der Waals surface area (Å²) in [7, 11) is 0. The van der Waals surface area contributed by atoms with Gasteiger partial charge in [0, 0.05) is 27.2 Å². The fraction of sp³-hybridized carbons (Fsp3) is 0.0588. The van der Waals surface area contributed by atoms with Gasteiger partial charge in [-0.3, -0.25) is 0 Å². The topological polar surface area (TPSA) is 4.93 Å². The lowest BCUT2D eigenvalue weighted by Crippen LogP contribution is -2.30. The van der Waals surface area contributed by atoms with Crippen molar-refractivity contribution in [2.75, 3.05) is 0 Å². The Morgan fingerprint density at radius 1 is 0.462 bits per heavy atom. The van der Waals surface area contributed by atoms with E-state index in [0.717, 1.165) is 6.42 Å². The quantitative estimate of drug-likeness (QED) is 0.163. The molecule has 0 bridgehead atoms. The molecule has 0 radical (unpaired) electrons. The molecule has 2 aliphatic rings. The lowest BCUT2D eigenvalue weighted by atomic mass is 9.88. The predicted molar refractivity (Wildman–Crippen MR) is 222 cm³/mol. The van der Waals surface area contributed by atoms with Crippen LogP contribution in [0.15, 0.2) is 158 Å². The summed E-state index contributed by atoms with van der Waals surface area (Å²) in [4.78, 5) is 0. The highest BCUT2D eigenvalue weighted by Crippen LogP contribution is 2.48. The van der Waals surface area contributed by atoms with E-state index < -0.39 is 0 Å². The van der Waals surface area contributed by atoms with E-state index in [-0.39, 0.29) is 0 Å². The van der Waals surface area contributed by atoms with Crippen LogP contribution in [-0.2, 0) is 0 Å². The van der Waals surface area contributed by atoms with E-state index in [1.54, 1.807) is 0 Å². The molecule has 9 aromatic carbocycles. The third kappa shape index (κ3) is 3.67. The zero-order valence-electron chi connectivity index (χ0n) is 28.8. The molecule has 12 rings (SSSR count). The van der Waals surface area contributed by atoms with Crippen LogP contribution < -0.4 is 10.4 Å². The smallest absolute Gasteiger partial charge is 0.0626 e. The zero-order valence-corrected chi connectivity index (χ0v) is 28.8. The molecular formula is C51H33N. The molecule has 0 N–H and O–H groups in total. The number of hydrogen-bond donors (Lipinski definition) is 0. The van der Waals surface area contributed by atoms with Crippen molar-refractivity contribution < 1.29 is 0 Å². The van der Waals surface area contributed by atoms with Gasteiger partial charge in [0.1, 0.15) is 0 Å². The molecule has 0 spiro atoms. The molecule has 0 saturated carbocycles. The van der Waals surface area contributed by atoms with Gasteiger partial charge in [-0.05, 0) is 113 Å². The summed E-state index contributed by atoms with van der Waals surface area (Å²) in [5.74, 6) is 0.534. The average Bonchev–Trinajstić information content (AvgIpc) is 3.71. The van der Waals surface area contributed by atoms with Gasteiger partial charge in [0.25, 0.3) is 0 Å². The van der Waals surface area contributed by atoms with E-state index >= 15 is 0 Å². The third-order valence-electron chi connectivity index (χ3n) is 12.0. The van der Waals surface area contributed by atoms with E-state index in [1.165, 1.54) is 114 Å². The molecule has 1 nitrogen and oxygen atoms in total. The van der Waals surface area contributed by atoms with Gasteiger partial charge in [-0.15, -0.1) is 0 Å². The monoisotopic (exact) mass is 659 g/mol. The van der Waals surface area contributed by atoms with Gasteiger partial charge in [-0.2, -0.15) is 0 Å². The first-order valence-electron chi connectivity index (χ1n) is 18.5. The van der Waals surface area contributed by atoms with Crippen LogP contribution in [0.1, 0.15) is 18.9 Å². The molecule has 1 heteroatoms. The van der Waals surface area contributed by atoms with Crippen LogP contribution in [0.4, 0.5) is 0 Å².